The molecule has 2 heterocycles. The summed E-state index contributed by atoms with van der Waals surface area (Å²) in [6.07, 6.45) is 3.01. The summed E-state index contributed by atoms with van der Waals surface area (Å²) >= 11 is 5.91. The van der Waals surface area contributed by atoms with Crippen molar-refractivity contribution in [2.45, 2.75) is 6.61 Å². The number of ether oxygens (including phenoxy) is 1. The van der Waals surface area contributed by atoms with Gasteiger partial charge in [-0.15, -0.1) is 10.2 Å². The van der Waals surface area contributed by atoms with Gasteiger partial charge >= 0.3 is 5.97 Å². The van der Waals surface area contributed by atoms with Gasteiger partial charge in [0.05, 0.1) is 10.6 Å². The summed E-state index contributed by atoms with van der Waals surface area (Å²) in [7, 11) is 0. The third-order valence-corrected chi connectivity index (χ3v) is 2.22. The van der Waals surface area contributed by atoms with Crippen LogP contribution in [0.3, 0.4) is 0 Å². The van der Waals surface area contributed by atoms with Crippen molar-refractivity contribution in [2.24, 2.45) is 0 Å². The van der Waals surface area contributed by atoms with Crippen LogP contribution in [0.5, 0.6) is 0 Å². The van der Waals surface area contributed by atoms with Crippen LogP contribution in [0.4, 0.5) is 0 Å². The van der Waals surface area contributed by atoms with E-state index < -0.39 is 12.6 Å². The average molecular weight is 270 g/mol. The van der Waals surface area contributed by atoms with Gasteiger partial charge in [-0.05, 0) is 6.07 Å². The lowest BCUT2D eigenvalue weighted by atomic mass is 10.3. The van der Waals surface area contributed by atoms with E-state index in [9.17, 15) is 4.79 Å². The van der Waals surface area contributed by atoms with Crippen LogP contribution in [0, 0.1) is 0 Å². The minimum atomic E-state index is -1.06. The third kappa shape index (κ3) is 3.02. The van der Waals surface area contributed by atoms with E-state index in [0.717, 1.165) is 0 Å². The maximum atomic E-state index is 10.2. The van der Waals surface area contributed by atoms with E-state index in [0.29, 0.717) is 10.6 Å². The Labute approximate surface area is 106 Å². The number of halogens is 1. The number of hydrogen-bond acceptors (Lipinski definition) is 6. The Kier molecular flexibility index (Phi) is 3.85. The molecule has 0 saturated carbocycles. The maximum absolute atomic E-state index is 10.2. The second-order valence-electron chi connectivity index (χ2n) is 3.24. The molecule has 0 spiro atoms. The molecule has 0 bridgehead atoms. The summed E-state index contributed by atoms with van der Waals surface area (Å²) in [5.41, 5.74) is 0.559. The predicted molar refractivity (Wildman–Crippen MR) is 59.8 cm³/mol. The van der Waals surface area contributed by atoms with Gasteiger partial charge in [0.15, 0.2) is 0 Å². The van der Waals surface area contributed by atoms with E-state index in [1.807, 2.05) is 0 Å². The number of carbonyl (C=O) groups is 1. The van der Waals surface area contributed by atoms with E-state index in [1.165, 1.54) is 6.20 Å². The van der Waals surface area contributed by atoms with E-state index in [2.05, 4.69) is 15.2 Å². The summed E-state index contributed by atoms with van der Waals surface area (Å²) in [6, 6.07) is 1.64. The lowest BCUT2D eigenvalue weighted by molar-refractivity contribution is -0.142. The van der Waals surface area contributed by atoms with Crippen LogP contribution >= 0.6 is 11.6 Å². The van der Waals surface area contributed by atoms with Crippen LogP contribution in [-0.4, -0.2) is 32.9 Å². The van der Waals surface area contributed by atoms with E-state index in [1.54, 1.807) is 12.3 Å². The number of pyridine rings is 1. The van der Waals surface area contributed by atoms with Crippen molar-refractivity contribution in [3.63, 3.8) is 0 Å². The molecule has 0 amide bonds. The first kappa shape index (κ1) is 12.5. The molecule has 7 nitrogen and oxygen atoms in total. The SMILES string of the molecule is O=C(O)COCc1nnc(-c2ccncc2Cl)o1. The van der Waals surface area contributed by atoms with E-state index in [-0.39, 0.29) is 18.4 Å². The predicted octanol–water partition coefficient (Wildman–Crippen LogP) is 1.39. The molecule has 0 unspecified atom stereocenters. The van der Waals surface area contributed by atoms with Gasteiger partial charge in [0, 0.05) is 12.4 Å². The molecule has 0 radical (unpaired) electrons. The Morgan fingerprint density at radius 3 is 3.06 bits per heavy atom. The first-order chi connectivity index (χ1) is 8.66. The molecule has 1 N–H and O–H groups in total. The summed E-state index contributed by atoms with van der Waals surface area (Å²) in [5, 5.41) is 16.3. The Hall–Kier alpha value is -1.99. The highest BCUT2D eigenvalue weighted by Gasteiger charge is 2.12. The number of carboxylic acid groups (broad SMARTS) is 1. The smallest absolute Gasteiger partial charge is 0.329 e. The number of aromatic nitrogens is 3. The molecule has 2 aromatic heterocycles. The number of carboxylic acids is 1. The van der Waals surface area contributed by atoms with E-state index >= 15 is 0 Å². The summed E-state index contributed by atoms with van der Waals surface area (Å²) < 4.78 is 10.1. The zero-order valence-corrected chi connectivity index (χ0v) is 9.79. The minimum absolute atomic E-state index is 0.0675. The van der Waals surface area contributed by atoms with Crippen LogP contribution in [-0.2, 0) is 16.1 Å². The Balaban J connectivity index is 2.06. The quantitative estimate of drug-likeness (QED) is 0.875. The number of nitrogens with zero attached hydrogens (tertiary/aromatic N) is 3. The van der Waals surface area contributed by atoms with Crippen molar-refractivity contribution in [2.75, 3.05) is 6.61 Å². The zero-order chi connectivity index (χ0) is 13.0. The fourth-order valence-corrected chi connectivity index (χ4v) is 1.40. The maximum Gasteiger partial charge on any atom is 0.329 e. The highest BCUT2D eigenvalue weighted by atomic mass is 35.5. The third-order valence-electron chi connectivity index (χ3n) is 1.92. The highest BCUT2D eigenvalue weighted by Crippen LogP contribution is 2.25. The van der Waals surface area contributed by atoms with Crippen molar-refractivity contribution in [1.29, 1.82) is 0 Å². The second kappa shape index (κ2) is 5.56. The van der Waals surface area contributed by atoms with Crippen LogP contribution in [0.1, 0.15) is 5.89 Å². The van der Waals surface area contributed by atoms with Gasteiger partial charge in [-0.25, -0.2) is 4.79 Å². The molecule has 2 rings (SSSR count). The topological polar surface area (TPSA) is 98.3 Å². The minimum Gasteiger partial charge on any atom is -0.480 e. The van der Waals surface area contributed by atoms with Gasteiger partial charge in [0.1, 0.15) is 13.2 Å². The molecule has 0 aliphatic carbocycles. The summed E-state index contributed by atoms with van der Waals surface area (Å²) in [6.45, 7) is -0.490. The van der Waals surface area contributed by atoms with Gasteiger partial charge in [-0.1, -0.05) is 11.6 Å². The molecule has 0 fully saturated rings. The van der Waals surface area contributed by atoms with Gasteiger partial charge in [0.25, 0.3) is 0 Å². The second-order valence-corrected chi connectivity index (χ2v) is 3.65. The molecule has 0 aliphatic heterocycles. The standard InChI is InChI=1S/C10H8ClN3O4/c11-7-3-12-2-1-6(7)10-14-13-8(18-10)4-17-5-9(15)16/h1-3H,4-5H2,(H,15,16). The van der Waals surface area contributed by atoms with Crippen LogP contribution in [0.2, 0.25) is 5.02 Å². The molecule has 94 valence electrons. The van der Waals surface area contributed by atoms with Crippen molar-refractivity contribution in [3.05, 3.63) is 29.4 Å². The molecule has 8 heteroatoms. The fourth-order valence-electron chi connectivity index (χ4n) is 1.20. The van der Waals surface area contributed by atoms with Crippen molar-refractivity contribution in [1.82, 2.24) is 15.2 Å². The molecule has 0 atom stereocenters. The highest BCUT2D eigenvalue weighted by molar-refractivity contribution is 6.32. The Morgan fingerprint density at radius 1 is 1.50 bits per heavy atom. The molecule has 2 aromatic rings. The average Bonchev–Trinajstić information content (AvgIpc) is 2.78. The first-order valence-electron chi connectivity index (χ1n) is 4.88. The number of rotatable bonds is 5. The summed E-state index contributed by atoms with van der Waals surface area (Å²) in [4.78, 5) is 14.1. The Bertz CT molecular complexity index is 558. The van der Waals surface area contributed by atoms with Crippen molar-refractivity contribution < 1.29 is 19.1 Å². The molecule has 0 aliphatic rings. The van der Waals surface area contributed by atoms with Crippen LogP contribution < -0.4 is 0 Å². The van der Waals surface area contributed by atoms with E-state index in [4.69, 9.17) is 25.9 Å². The molecule has 0 aromatic carbocycles. The molecule has 0 saturated heterocycles. The molecular weight excluding hydrogens is 262 g/mol. The van der Waals surface area contributed by atoms with Crippen LogP contribution in [0.15, 0.2) is 22.9 Å². The van der Waals surface area contributed by atoms with Crippen molar-refractivity contribution in [3.8, 4) is 11.5 Å². The normalized spacial score (nSPS) is 10.5. The lowest BCUT2D eigenvalue weighted by Crippen LogP contribution is -2.06. The first-order valence-corrected chi connectivity index (χ1v) is 5.26. The Morgan fingerprint density at radius 2 is 2.33 bits per heavy atom. The van der Waals surface area contributed by atoms with Gasteiger partial charge in [-0.2, -0.15) is 0 Å². The van der Waals surface area contributed by atoms with Gasteiger partial charge in [-0.3, -0.25) is 4.98 Å². The molecule has 18 heavy (non-hydrogen) atoms. The van der Waals surface area contributed by atoms with Crippen molar-refractivity contribution >= 4 is 17.6 Å². The number of hydrogen-bond donors (Lipinski definition) is 1. The summed E-state index contributed by atoms with van der Waals surface area (Å²) in [5.74, 6) is -0.651. The molecular formula is C10H8ClN3O4. The fraction of sp³-hybridized carbons (Fsp3) is 0.200. The largest absolute Gasteiger partial charge is 0.480 e. The van der Waals surface area contributed by atoms with Gasteiger partial charge in [0.2, 0.25) is 11.8 Å². The van der Waals surface area contributed by atoms with Gasteiger partial charge < -0.3 is 14.3 Å². The lowest BCUT2D eigenvalue weighted by Gasteiger charge is -1.97. The van der Waals surface area contributed by atoms with Crippen LogP contribution in [0.25, 0.3) is 11.5 Å². The number of aliphatic carboxylic acids is 1. The monoisotopic (exact) mass is 269 g/mol. The zero-order valence-electron chi connectivity index (χ0n) is 9.04.